The van der Waals surface area contributed by atoms with E-state index in [-0.39, 0.29) is 11.8 Å². The fourth-order valence-corrected chi connectivity index (χ4v) is 3.72. The van der Waals surface area contributed by atoms with Crippen molar-refractivity contribution >= 4 is 17.0 Å². The quantitative estimate of drug-likeness (QED) is 0.645. The fraction of sp³-hybridized carbons (Fsp3) is 0.300. The van der Waals surface area contributed by atoms with Crippen LogP contribution in [0.25, 0.3) is 5.52 Å². The van der Waals surface area contributed by atoms with Crippen LogP contribution in [0.4, 0.5) is 14.5 Å². The van der Waals surface area contributed by atoms with E-state index in [0.29, 0.717) is 17.5 Å². The minimum atomic E-state index is -0.435. The lowest BCUT2D eigenvalue weighted by atomic mass is 10.0. The largest absolute Gasteiger partial charge is 0.364 e. The molecule has 3 aromatic rings. The minimum Gasteiger partial charge on any atom is -0.364 e. The molecule has 1 unspecified atom stereocenters. The summed E-state index contributed by atoms with van der Waals surface area (Å²) in [5.41, 5.74) is 2.58. The molecule has 0 saturated carbocycles. The summed E-state index contributed by atoms with van der Waals surface area (Å²) >= 11 is 0. The average molecular weight is 355 g/mol. The number of carbonyl (C=O) groups excluding carboxylic acids is 1. The number of nitrogens with zero attached hydrogens (tertiary/aromatic N) is 3. The number of Topliss-reactive ketones (excluding diaryl/α,β-unsaturated/α-hetero) is 1. The smallest absolute Gasteiger partial charge is 0.166 e. The van der Waals surface area contributed by atoms with E-state index in [9.17, 15) is 13.6 Å². The third kappa shape index (κ3) is 2.75. The predicted molar refractivity (Wildman–Crippen MR) is 95.5 cm³/mol. The summed E-state index contributed by atoms with van der Waals surface area (Å²) in [6.07, 6.45) is 5.44. The van der Waals surface area contributed by atoms with E-state index in [1.54, 1.807) is 16.9 Å². The maximum atomic E-state index is 14.3. The molecule has 1 aromatic carbocycles. The molecule has 3 heterocycles. The van der Waals surface area contributed by atoms with Gasteiger partial charge in [0.15, 0.2) is 5.78 Å². The standard InChI is InChI=1S/C20H19F2N3O/c1-2-20(26)16-12-23-25-9-7-14(11-19(16)25)24-8-3-4-18(24)15-10-13(21)5-6-17(15)22/h5-7,9-12,18H,2-4,8H2,1H3. The van der Waals surface area contributed by atoms with Gasteiger partial charge in [-0.05, 0) is 43.2 Å². The van der Waals surface area contributed by atoms with Gasteiger partial charge in [0.05, 0.1) is 23.3 Å². The summed E-state index contributed by atoms with van der Waals surface area (Å²) < 4.78 is 29.6. The lowest BCUT2D eigenvalue weighted by Gasteiger charge is -2.27. The Morgan fingerprint density at radius 3 is 2.92 bits per heavy atom. The number of halogens is 2. The molecule has 1 aliphatic heterocycles. The first kappa shape index (κ1) is 16.7. The third-order valence-electron chi connectivity index (χ3n) is 5.03. The first-order valence-electron chi connectivity index (χ1n) is 8.80. The highest BCUT2D eigenvalue weighted by molar-refractivity contribution is 6.02. The van der Waals surface area contributed by atoms with Crippen LogP contribution in [0.1, 0.15) is 48.1 Å². The molecular weight excluding hydrogens is 336 g/mol. The van der Waals surface area contributed by atoms with Crippen LogP contribution in [0, 0.1) is 11.6 Å². The normalized spacial score (nSPS) is 17.2. The predicted octanol–water partition coefficient (Wildman–Crippen LogP) is 4.55. The van der Waals surface area contributed by atoms with Crippen molar-refractivity contribution in [2.24, 2.45) is 0 Å². The van der Waals surface area contributed by atoms with E-state index in [4.69, 9.17) is 0 Å². The van der Waals surface area contributed by atoms with Crippen molar-refractivity contribution in [1.29, 1.82) is 0 Å². The number of hydrogen-bond acceptors (Lipinski definition) is 3. The van der Waals surface area contributed by atoms with Gasteiger partial charge in [0.1, 0.15) is 11.6 Å². The van der Waals surface area contributed by atoms with Crippen molar-refractivity contribution in [3.8, 4) is 0 Å². The topological polar surface area (TPSA) is 37.6 Å². The highest BCUT2D eigenvalue weighted by Gasteiger charge is 2.29. The van der Waals surface area contributed by atoms with Crippen molar-refractivity contribution < 1.29 is 13.6 Å². The van der Waals surface area contributed by atoms with Gasteiger partial charge in [-0.1, -0.05) is 6.92 Å². The fourth-order valence-electron chi connectivity index (χ4n) is 3.72. The van der Waals surface area contributed by atoms with Gasteiger partial charge < -0.3 is 4.90 Å². The molecule has 0 aliphatic carbocycles. The Morgan fingerprint density at radius 1 is 1.27 bits per heavy atom. The Balaban J connectivity index is 1.76. The molecule has 2 aromatic heterocycles. The van der Waals surface area contributed by atoms with Gasteiger partial charge in [0, 0.05) is 30.4 Å². The first-order valence-corrected chi connectivity index (χ1v) is 8.80. The van der Waals surface area contributed by atoms with Crippen LogP contribution in [0.2, 0.25) is 0 Å². The van der Waals surface area contributed by atoms with Crippen LogP contribution < -0.4 is 4.90 Å². The van der Waals surface area contributed by atoms with Gasteiger partial charge in [0.2, 0.25) is 0 Å². The lowest BCUT2D eigenvalue weighted by Crippen LogP contribution is -2.23. The maximum absolute atomic E-state index is 14.3. The summed E-state index contributed by atoms with van der Waals surface area (Å²) in [7, 11) is 0. The molecule has 0 bridgehead atoms. The zero-order valence-corrected chi connectivity index (χ0v) is 14.5. The Bertz CT molecular complexity index is 982. The molecule has 1 saturated heterocycles. The summed E-state index contributed by atoms with van der Waals surface area (Å²) in [5.74, 6) is -0.794. The number of aromatic nitrogens is 2. The molecule has 0 radical (unpaired) electrons. The van der Waals surface area contributed by atoms with Crippen LogP contribution >= 0.6 is 0 Å². The second-order valence-electron chi connectivity index (χ2n) is 6.57. The van der Waals surface area contributed by atoms with Crippen molar-refractivity contribution in [1.82, 2.24) is 9.61 Å². The first-order chi connectivity index (χ1) is 12.6. The zero-order chi connectivity index (χ0) is 18.3. The van der Waals surface area contributed by atoms with Gasteiger partial charge in [-0.3, -0.25) is 4.79 Å². The van der Waals surface area contributed by atoms with Crippen LogP contribution in [-0.4, -0.2) is 21.9 Å². The lowest BCUT2D eigenvalue weighted by molar-refractivity contribution is 0.0989. The van der Waals surface area contributed by atoms with Crippen molar-refractivity contribution in [2.45, 2.75) is 32.2 Å². The molecule has 6 heteroatoms. The number of hydrogen-bond donors (Lipinski definition) is 0. The number of benzene rings is 1. The molecule has 4 nitrogen and oxygen atoms in total. The van der Waals surface area contributed by atoms with E-state index >= 15 is 0 Å². The van der Waals surface area contributed by atoms with Crippen molar-refractivity contribution in [3.05, 3.63) is 65.5 Å². The van der Waals surface area contributed by atoms with Gasteiger partial charge >= 0.3 is 0 Å². The van der Waals surface area contributed by atoms with E-state index in [2.05, 4.69) is 10.00 Å². The van der Waals surface area contributed by atoms with Crippen LogP contribution in [0.3, 0.4) is 0 Å². The van der Waals surface area contributed by atoms with Gasteiger partial charge in [-0.2, -0.15) is 5.10 Å². The van der Waals surface area contributed by atoms with Crippen LogP contribution in [0.15, 0.2) is 42.7 Å². The molecular formula is C20H19F2N3O. The van der Waals surface area contributed by atoms with E-state index in [0.717, 1.165) is 36.7 Å². The zero-order valence-electron chi connectivity index (χ0n) is 14.5. The number of ketones is 1. The number of carbonyl (C=O) groups is 1. The Labute approximate surface area is 150 Å². The van der Waals surface area contributed by atoms with E-state index < -0.39 is 11.6 Å². The van der Waals surface area contributed by atoms with Crippen molar-refractivity contribution in [2.75, 3.05) is 11.4 Å². The number of anilines is 1. The highest BCUT2D eigenvalue weighted by Crippen LogP contribution is 2.38. The molecule has 1 fully saturated rings. The van der Waals surface area contributed by atoms with Gasteiger partial charge in [-0.25, -0.2) is 13.3 Å². The molecule has 0 amide bonds. The van der Waals surface area contributed by atoms with Crippen LogP contribution in [-0.2, 0) is 0 Å². The van der Waals surface area contributed by atoms with Crippen molar-refractivity contribution in [3.63, 3.8) is 0 Å². The SMILES string of the molecule is CCC(=O)c1cnn2ccc(N3CCCC3c3cc(F)ccc3F)cc12. The molecule has 4 rings (SSSR count). The summed E-state index contributed by atoms with van der Waals surface area (Å²) in [6, 6.07) is 7.18. The van der Waals surface area contributed by atoms with Gasteiger partial charge in [-0.15, -0.1) is 0 Å². The molecule has 1 atom stereocenters. The monoisotopic (exact) mass is 355 g/mol. The second-order valence-corrected chi connectivity index (χ2v) is 6.57. The highest BCUT2D eigenvalue weighted by atomic mass is 19.1. The molecule has 26 heavy (non-hydrogen) atoms. The van der Waals surface area contributed by atoms with Crippen LogP contribution in [0.5, 0.6) is 0 Å². The molecule has 0 spiro atoms. The number of rotatable bonds is 4. The summed E-state index contributed by atoms with van der Waals surface area (Å²) in [5, 5.41) is 4.23. The van der Waals surface area contributed by atoms with Gasteiger partial charge in [0.25, 0.3) is 0 Å². The molecule has 134 valence electrons. The maximum Gasteiger partial charge on any atom is 0.166 e. The Hall–Kier alpha value is -2.76. The average Bonchev–Trinajstić information content (AvgIpc) is 3.29. The minimum absolute atomic E-state index is 0.0336. The third-order valence-corrected chi connectivity index (χ3v) is 5.03. The Morgan fingerprint density at radius 2 is 2.12 bits per heavy atom. The number of pyridine rings is 1. The summed E-state index contributed by atoms with van der Waals surface area (Å²) in [6.45, 7) is 2.57. The Kier molecular flexibility index (Phi) is 4.18. The van der Waals surface area contributed by atoms with E-state index in [1.807, 2.05) is 19.1 Å². The molecule has 1 aliphatic rings. The number of fused-ring (bicyclic) bond motifs is 1. The summed E-state index contributed by atoms with van der Waals surface area (Å²) in [4.78, 5) is 14.2. The van der Waals surface area contributed by atoms with E-state index in [1.165, 1.54) is 12.1 Å². The second kappa shape index (κ2) is 6.52. The molecule has 0 N–H and O–H groups in total.